The number of fused-ring (bicyclic) bond motifs is 1. The lowest BCUT2D eigenvalue weighted by atomic mass is 10.1. The number of pyridine rings is 2. The normalized spacial score (nSPS) is 14.8. The van der Waals surface area contributed by atoms with E-state index in [1.165, 1.54) is 0 Å². The highest BCUT2D eigenvalue weighted by Gasteiger charge is 2.10. The molecule has 0 amide bonds. The van der Waals surface area contributed by atoms with E-state index in [0.717, 1.165) is 73.8 Å². The summed E-state index contributed by atoms with van der Waals surface area (Å²) >= 11 is 0. The first-order chi connectivity index (χ1) is 15.3. The van der Waals surface area contributed by atoms with Crippen molar-refractivity contribution < 1.29 is 4.74 Å². The van der Waals surface area contributed by atoms with E-state index in [4.69, 9.17) is 4.74 Å². The molecular formula is C25H26N4O2. The van der Waals surface area contributed by atoms with Crippen LogP contribution in [0.2, 0.25) is 0 Å². The summed E-state index contributed by atoms with van der Waals surface area (Å²) in [5.41, 5.74) is 5.00. The minimum Gasteiger partial charge on any atom is -0.379 e. The van der Waals surface area contributed by atoms with Gasteiger partial charge >= 0.3 is 0 Å². The molecule has 1 aliphatic heterocycles. The highest BCUT2D eigenvalue weighted by atomic mass is 16.5. The van der Waals surface area contributed by atoms with Crippen molar-refractivity contribution in [3.63, 3.8) is 0 Å². The molecule has 3 aromatic heterocycles. The maximum atomic E-state index is 12.7. The molecule has 4 aromatic rings. The Hall–Kier alpha value is -3.22. The van der Waals surface area contributed by atoms with Crippen molar-refractivity contribution >= 4 is 5.65 Å². The molecule has 1 aromatic carbocycles. The second kappa shape index (κ2) is 8.88. The van der Waals surface area contributed by atoms with E-state index in [1.807, 2.05) is 55.0 Å². The minimum atomic E-state index is 0.0349. The largest absolute Gasteiger partial charge is 0.379 e. The Morgan fingerprint density at radius 3 is 2.45 bits per heavy atom. The molecule has 0 saturated carbocycles. The molecule has 0 unspecified atom stereocenters. The van der Waals surface area contributed by atoms with Crippen LogP contribution in [0.3, 0.4) is 0 Å². The van der Waals surface area contributed by atoms with Gasteiger partial charge in [-0.25, -0.2) is 4.98 Å². The van der Waals surface area contributed by atoms with Crippen molar-refractivity contribution in [2.24, 2.45) is 0 Å². The van der Waals surface area contributed by atoms with Gasteiger partial charge in [0.1, 0.15) is 5.65 Å². The molecule has 0 bridgehead atoms. The molecule has 158 valence electrons. The summed E-state index contributed by atoms with van der Waals surface area (Å²) in [5, 5.41) is 0. The van der Waals surface area contributed by atoms with Crippen molar-refractivity contribution in [2.45, 2.75) is 13.0 Å². The van der Waals surface area contributed by atoms with E-state index >= 15 is 0 Å². The Kier molecular flexibility index (Phi) is 5.65. The lowest BCUT2D eigenvalue weighted by Gasteiger charge is -2.26. The van der Waals surface area contributed by atoms with Crippen LogP contribution in [-0.4, -0.2) is 51.7 Å². The summed E-state index contributed by atoms with van der Waals surface area (Å²) in [5.74, 6) is 0. The van der Waals surface area contributed by atoms with Gasteiger partial charge in [0.05, 0.1) is 25.1 Å². The lowest BCUT2D eigenvalue weighted by molar-refractivity contribution is 0.0369. The number of rotatable bonds is 6. The van der Waals surface area contributed by atoms with Gasteiger partial charge in [0.2, 0.25) is 0 Å². The van der Waals surface area contributed by atoms with Gasteiger partial charge in [-0.3, -0.25) is 14.1 Å². The third-order valence-corrected chi connectivity index (χ3v) is 5.89. The van der Waals surface area contributed by atoms with E-state index in [1.54, 1.807) is 10.6 Å². The van der Waals surface area contributed by atoms with E-state index in [2.05, 4.69) is 26.4 Å². The highest BCUT2D eigenvalue weighted by Crippen LogP contribution is 2.24. The van der Waals surface area contributed by atoms with Crippen molar-refractivity contribution in [3.8, 4) is 22.4 Å². The zero-order valence-corrected chi connectivity index (χ0v) is 17.5. The van der Waals surface area contributed by atoms with Crippen molar-refractivity contribution in [3.05, 3.63) is 83.5 Å². The van der Waals surface area contributed by atoms with Crippen molar-refractivity contribution in [1.29, 1.82) is 0 Å². The van der Waals surface area contributed by atoms with Crippen molar-refractivity contribution in [2.75, 3.05) is 32.8 Å². The van der Waals surface area contributed by atoms with Crippen LogP contribution >= 0.6 is 0 Å². The third-order valence-electron chi connectivity index (χ3n) is 5.89. The predicted molar refractivity (Wildman–Crippen MR) is 122 cm³/mol. The number of hydrogen-bond acceptors (Lipinski definition) is 4. The SMILES string of the molecule is O=c1cc(-c2ccn3c(-c4ccccc4)cnc3c2)ccn1CCCN1CCOCC1. The lowest BCUT2D eigenvalue weighted by Crippen LogP contribution is -2.37. The molecular weight excluding hydrogens is 388 g/mol. The smallest absolute Gasteiger partial charge is 0.251 e. The van der Waals surface area contributed by atoms with Gasteiger partial charge in [-0.2, -0.15) is 0 Å². The van der Waals surface area contributed by atoms with Gasteiger partial charge in [-0.1, -0.05) is 30.3 Å². The Morgan fingerprint density at radius 2 is 1.65 bits per heavy atom. The van der Waals surface area contributed by atoms with Gasteiger partial charge in [0, 0.05) is 50.2 Å². The van der Waals surface area contributed by atoms with Gasteiger partial charge in [-0.15, -0.1) is 0 Å². The summed E-state index contributed by atoms with van der Waals surface area (Å²) in [6.45, 7) is 5.31. The fourth-order valence-corrected chi connectivity index (χ4v) is 4.14. The van der Waals surface area contributed by atoms with E-state index in [-0.39, 0.29) is 5.56 Å². The predicted octanol–water partition coefficient (Wildman–Crippen LogP) is 3.55. The Balaban J connectivity index is 1.32. The molecule has 0 spiro atoms. The molecule has 1 fully saturated rings. The summed E-state index contributed by atoms with van der Waals surface area (Å²) in [6, 6.07) is 18.0. The summed E-state index contributed by atoms with van der Waals surface area (Å²) in [7, 11) is 0. The first kappa shape index (κ1) is 19.7. The zero-order chi connectivity index (χ0) is 21.0. The Morgan fingerprint density at radius 1 is 0.871 bits per heavy atom. The zero-order valence-electron chi connectivity index (χ0n) is 17.5. The first-order valence-electron chi connectivity index (χ1n) is 10.8. The number of ether oxygens (including phenoxy) is 1. The van der Waals surface area contributed by atoms with Gasteiger partial charge in [0.15, 0.2) is 0 Å². The summed E-state index contributed by atoms with van der Waals surface area (Å²) in [6.07, 6.45) is 6.78. The standard InChI is InChI=1S/C25H26N4O2/c30-25-18-22(7-11-28(25)10-4-9-27-13-15-31-16-14-27)21-8-12-29-23(19-26-24(29)17-21)20-5-2-1-3-6-20/h1-3,5-8,11-12,17-19H,4,9-10,13-16H2. The Labute approximate surface area is 181 Å². The number of imidazole rings is 1. The topological polar surface area (TPSA) is 51.8 Å². The quantitative estimate of drug-likeness (QED) is 0.484. The van der Waals surface area contributed by atoms with E-state index in [9.17, 15) is 4.79 Å². The minimum absolute atomic E-state index is 0.0349. The van der Waals surface area contributed by atoms with Crippen LogP contribution in [0.4, 0.5) is 0 Å². The van der Waals surface area contributed by atoms with Crippen LogP contribution in [0.5, 0.6) is 0 Å². The van der Waals surface area contributed by atoms with Gasteiger partial charge in [-0.05, 0) is 35.7 Å². The van der Waals surface area contributed by atoms with E-state index in [0.29, 0.717) is 0 Å². The fourth-order valence-electron chi connectivity index (χ4n) is 4.14. The van der Waals surface area contributed by atoms with E-state index < -0.39 is 0 Å². The molecule has 0 N–H and O–H groups in total. The van der Waals surface area contributed by atoms with Crippen LogP contribution in [0, 0.1) is 0 Å². The Bertz CT molecular complexity index is 1220. The van der Waals surface area contributed by atoms with Crippen LogP contribution in [0.15, 0.2) is 78.0 Å². The number of aryl methyl sites for hydroxylation is 1. The van der Waals surface area contributed by atoms with Crippen LogP contribution in [-0.2, 0) is 11.3 Å². The average molecular weight is 415 g/mol. The average Bonchev–Trinajstić information content (AvgIpc) is 3.25. The molecule has 6 nitrogen and oxygen atoms in total. The molecule has 4 heterocycles. The fraction of sp³-hybridized carbons (Fsp3) is 0.280. The second-order valence-electron chi connectivity index (χ2n) is 7.91. The number of nitrogens with zero attached hydrogens (tertiary/aromatic N) is 4. The summed E-state index contributed by atoms with van der Waals surface area (Å²) < 4.78 is 9.26. The second-order valence-corrected chi connectivity index (χ2v) is 7.91. The van der Waals surface area contributed by atoms with Gasteiger partial charge < -0.3 is 9.30 Å². The van der Waals surface area contributed by atoms with Gasteiger partial charge in [0.25, 0.3) is 5.56 Å². The molecule has 0 radical (unpaired) electrons. The maximum Gasteiger partial charge on any atom is 0.251 e. The van der Waals surface area contributed by atoms with Crippen molar-refractivity contribution in [1.82, 2.24) is 18.9 Å². The number of benzene rings is 1. The van der Waals surface area contributed by atoms with Crippen LogP contribution in [0.1, 0.15) is 6.42 Å². The molecule has 1 saturated heterocycles. The molecule has 0 aliphatic carbocycles. The molecule has 6 heteroatoms. The number of aromatic nitrogens is 3. The highest BCUT2D eigenvalue weighted by molar-refractivity contribution is 5.70. The number of morpholine rings is 1. The molecule has 1 aliphatic rings. The third kappa shape index (κ3) is 4.31. The monoisotopic (exact) mass is 414 g/mol. The van der Waals surface area contributed by atoms with Crippen LogP contribution in [0.25, 0.3) is 28.0 Å². The molecule has 5 rings (SSSR count). The summed E-state index contributed by atoms with van der Waals surface area (Å²) in [4.78, 5) is 19.6. The number of hydrogen-bond donors (Lipinski definition) is 0. The van der Waals surface area contributed by atoms with Crippen LogP contribution < -0.4 is 5.56 Å². The maximum absolute atomic E-state index is 12.7. The molecule has 0 atom stereocenters. The first-order valence-corrected chi connectivity index (χ1v) is 10.8. The molecule has 31 heavy (non-hydrogen) atoms.